The van der Waals surface area contributed by atoms with Crippen molar-refractivity contribution < 1.29 is 14.3 Å². The van der Waals surface area contributed by atoms with Gasteiger partial charge in [0, 0.05) is 18.5 Å². The zero-order valence-corrected chi connectivity index (χ0v) is 19.2. The Morgan fingerprint density at radius 1 is 1.06 bits per heavy atom. The predicted molar refractivity (Wildman–Crippen MR) is 128 cm³/mol. The molecule has 0 radical (unpaired) electrons. The molecule has 0 heterocycles. The fourth-order valence-corrected chi connectivity index (χ4v) is 3.64. The quantitative estimate of drug-likeness (QED) is 0.346. The molecule has 1 fully saturated rings. The molecule has 5 heteroatoms. The molecule has 0 amide bonds. The van der Waals surface area contributed by atoms with Crippen molar-refractivity contribution in [2.75, 3.05) is 20.6 Å². The lowest BCUT2D eigenvalue weighted by atomic mass is 9.83. The van der Waals surface area contributed by atoms with Gasteiger partial charge < -0.3 is 9.64 Å². The van der Waals surface area contributed by atoms with Crippen molar-refractivity contribution in [3.05, 3.63) is 76.9 Å². The summed E-state index contributed by atoms with van der Waals surface area (Å²) in [6.07, 6.45) is 7.94. The summed E-state index contributed by atoms with van der Waals surface area (Å²) < 4.78 is 5.37. The molecule has 4 nitrogen and oxygen atoms in total. The van der Waals surface area contributed by atoms with Gasteiger partial charge in [-0.05, 0) is 81.3 Å². The van der Waals surface area contributed by atoms with E-state index >= 15 is 0 Å². The van der Waals surface area contributed by atoms with Gasteiger partial charge in [0.2, 0.25) is 0 Å². The second-order valence-corrected chi connectivity index (χ2v) is 8.12. The molecule has 3 rings (SSSR count). The summed E-state index contributed by atoms with van der Waals surface area (Å²) in [5.74, 6) is 0.402. The maximum absolute atomic E-state index is 12.7. The van der Waals surface area contributed by atoms with Gasteiger partial charge in [0.25, 0.3) is 0 Å². The highest BCUT2D eigenvalue weighted by atomic mass is 35.5. The van der Waals surface area contributed by atoms with Crippen molar-refractivity contribution in [3.63, 3.8) is 0 Å². The molecule has 0 aliphatic heterocycles. The number of nitrogens with zero attached hydrogens (tertiary/aromatic N) is 1. The Balaban J connectivity index is 0.00000341. The van der Waals surface area contributed by atoms with Crippen LogP contribution in [0, 0.1) is 12.8 Å². The summed E-state index contributed by atoms with van der Waals surface area (Å²) in [6.45, 7) is 2.81. The summed E-state index contributed by atoms with van der Waals surface area (Å²) in [6, 6.07) is 15.2. The van der Waals surface area contributed by atoms with Gasteiger partial charge >= 0.3 is 5.97 Å². The SMILES string of the molecule is Cc1ccc(/C=C/C(=O)Oc2ccc(/C=C3\CCCC(CN(C)C)C3=O)cc2)cc1.Cl. The maximum Gasteiger partial charge on any atom is 0.336 e. The monoisotopic (exact) mass is 439 g/mol. The van der Waals surface area contributed by atoms with Crippen LogP contribution in [-0.4, -0.2) is 37.3 Å². The summed E-state index contributed by atoms with van der Waals surface area (Å²) in [7, 11) is 4.00. The number of rotatable bonds is 6. The summed E-state index contributed by atoms with van der Waals surface area (Å²) in [5, 5.41) is 0. The number of hydrogen-bond donors (Lipinski definition) is 0. The normalized spacial score (nSPS) is 17.7. The Labute approximate surface area is 191 Å². The molecule has 1 atom stereocenters. The minimum Gasteiger partial charge on any atom is -0.423 e. The standard InChI is InChI=1S/C26H29NO3.ClH/c1-19-7-9-20(10-8-19)13-16-25(28)30-24-14-11-21(12-15-24)17-22-5-4-6-23(26(22)29)18-27(2)3;/h7-17,23H,4-6,18H2,1-3H3;1H/b16-13+,22-17+;. The number of Topliss-reactive ketones (excluding diaryl/α,β-unsaturated/α-hetero) is 1. The number of carbonyl (C=O) groups is 2. The van der Waals surface area contributed by atoms with Crippen LogP contribution in [0.5, 0.6) is 5.75 Å². The number of hydrogen-bond acceptors (Lipinski definition) is 4. The molecule has 1 aliphatic carbocycles. The van der Waals surface area contributed by atoms with E-state index in [4.69, 9.17) is 4.74 Å². The van der Waals surface area contributed by atoms with Gasteiger partial charge in [0.1, 0.15) is 5.75 Å². The summed E-state index contributed by atoms with van der Waals surface area (Å²) in [4.78, 5) is 26.8. The third-order valence-electron chi connectivity index (χ3n) is 5.20. The van der Waals surface area contributed by atoms with Crippen LogP contribution >= 0.6 is 12.4 Å². The van der Waals surface area contributed by atoms with Crippen LogP contribution in [0.2, 0.25) is 0 Å². The molecule has 164 valence electrons. The lowest BCUT2D eigenvalue weighted by Crippen LogP contribution is -2.31. The smallest absolute Gasteiger partial charge is 0.336 e. The van der Waals surface area contributed by atoms with Crippen LogP contribution < -0.4 is 4.74 Å². The van der Waals surface area contributed by atoms with E-state index < -0.39 is 5.97 Å². The number of ether oxygens (including phenoxy) is 1. The number of allylic oxidation sites excluding steroid dienone is 1. The van der Waals surface area contributed by atoms with Crippen LogP contribution in [0.4, 0.5) is 0 Å². The van der Waals surface area contributed by atoms with Crippen LogP contribution in [0.15, 0.2) is 60.2 Å². The fraction of sp³-hybridized carbons (Fsp3) is 0.308. The second-order valence-electron chi connectivity index (χ2n) is 8.12. The average Bonchev–Trinajstić information content (AvgIpc) is 2.72. The van der Waals surface area contributed by atoms with Crippen LogP contribution in [0.25, 0.3) is 12.2 Å². The molecule has 1 saturated carbocycles. The second kappa shape index (κ2) is 11.6. The Hall–Kier alpha value is -2.69. The van der Waals surface area contributed by atoms with Crippen LogP contribution in [0.3, 0.4) is 0 Å². The maximum atomic E-state index is 12.7. The zero-order valence-electron chi connectivity index (χ0n) is 18.3. The first kappa shape index (κ1) is 24.6. The number of ketones is 1. The van der Waals surface area contributed by atoms with Gasteiger partial charge in [-0.1, -0.05) is 42.0 Å². The third kappa shape index (κ3) is 7.50. The number of benzene rings is 2. The van der Waals surface area contributed by atoms with Crippen molar-refractivity contribution in [3.8, 4) is 5.75 Å². The number of carbonyl (C=O) groups excluding carboxylic acids is 2. The van der Waals surface area contributed by atoms with Gasteiger partial charge in [-0.2, -0.15) is 0 Å². The van der Waals surface area contributed by atoms with Gasteiger partial charge in [0.05, 0.1) is 0 Å². The molecule has 31 heavy (non-hydrogen) atoms. The number of esters is 1. The molecule has 1 unspecified atom stereocenters. The average molecular weight is 440 g/mol. The summed E-state index contributed by atoms with van der Waals surface area (Å²) in [5.41, 5.74) is 3.95. The molecule has 0 aromatic heterocycles. The largest absolute Gasteiger partial charge is 0.423 e. The van der Waals surface area contributed by atoms with Crippen LogP contribution in [0.1, 0.15) is 36.0 Å². The number of aryl methyl sites for hydroxylation is 1. The molecule has 1 aliphatic rings. The minimum absolute atomic E-state index is 0. The first-order valence-corrected chi connectivity index (χ1v) is 10.4. The molecule has 0 N–H and O–H groups in total. The van der Waals surface area contributed by atoms with E-state index in [9.17, 15) is 9.59 Å². The molecule has 2 aromatic rings. The molecule has 0 spiro atoms. The number of halogens is 1. The Morgan fingerprint density at radius 2 is 1.71 bits per heavy atom. The Bertz CT molecular complexity index is 944. The van der Waals surface area contributed by atoms with E-state index in [0.717, 1.165) is 42.5 Å². The van der Waals surface area contributed by atoms with E-state index in [1.165, 1.54) is 11.6 Å². The minimum atomic E-state index is -0.421. The summed E-state index contributed by atoms with van der Waals surface area (Å²) >= 11 is 0. The highest BCUT2D eigenvalue weighted by molar-refractivity contribution is 6.01. The fourth-order valence-electron chi connectivity index (χ4n) is 3.64. The van der Waals surface area contributed by atoms with Crippen LogP contribution in [-0.2, 0) is 9.59 Å². The Kier molecular flexibility index (Phi) is 9.22. The highest BCUT2D eigenvalue weighted by Crippen LogP contribution is 2.27. The topological polar surface area (TPSA) is 46.6 Å². The van der Waals surface area contributed by atoms with E-state index in [1.54, 1.807) is 18.2 Å². The molecule has 2 aromatic carbocycles. The molecule has 0 saturated heterocycles. The molecular formula is C26H30ClNO3. The van der Waals surface area contributed by atoms with Crippen molar-refractivity contribution in [1.29, 1.82) is 0 Å². The molecule has 0 bridgehead atoms. The van der Waals surface area contributed by atoms with Crippen molar-refractivity contribution >= 4 is 36.3 Å². The van der Waals surface area contributed by atoms with Crippen molar-refractivity contribution in [2.24, 2.45) is 5.92 Å². The van der Waals surface area contributed by atoms with Crippen molar-refractivity contribution in [1.82, 2.24) is 4.90 Å². The van der Waals surface area contributed by atoms with Gasteiger partial charge in [0.15, 0.2) is 5.78 Å². The first-order valence-electron chi connectivity index (χ1n) is 10.4. The van der Waals surface area contributed by atoms with E-state index in [2.05, 4.69) is 4.90 Å². The lowest BCUT2D eigenvalue weighted by molar-refractivity contribution is -0.129. The van der Waals surface area contributed by atoms with Gasteiger partial charge in [-0.15, -0.1) is 12.4 Å². The third-order valence-corrected chi connectivity index (χ3v) is 5.20. The van der Waals surface area contributed by atoms with E-state index in [1.807, 2.05) is 63.5 Å². The van der Waals surface area contributed by atoms with E-state index in [-0.39, 0.29) is 24.1 Å². The van der Waals surface area contributed by atoms with Gasteiger partial charge in [-0.3, -0.25) is 4.79 Å². The predicted octanol–water partition coefficient (Wildman–Crippen LogP) is 5.35. The highest BCUT2D eigenvalue weighted by Gasteiger charge is 2.26. The molecular weight excluding hydrogens is 410 g/mol. The van der Waals surface area contributed by atoms with Crippen molar-refractivity contribution in [2.45, 2.75) is 26.2 Å². The Morgan fingerprint density at radius 3 is 2.35 bits per heavy atom. The lowest BCUT2D eigenvalue weighted by Gasteiger charge is -2.25. The van der Waals surface area contributed by atoms with E-state index in [0.29, 0.717) is 5.75 Å². The first-order chi connectivity index (χ1) is 14.4. The zero-order chi connectivity index (χ0) is 21.5. The van der Waals surface area contributed by atoms with Gasteiger partial charge in [-0.25, -0.2) is 4.79 Å².